The average molecular weight is 364 g/mol. The maximum Gasteiger partial charge on any atom is 0.225 e. The first-order chi connectivity index (χ1) is 12.2. The van der Waals surface area contributed by atoms with Crippen molar-refractivity contribution in [3.63, 3.8) is 0 Å². The van der Waals surface area contributed by atoms with Gasteiger partial charge in [-0.1, -0.05) is 25.7 Å². The van der Waals surface area contributed by atoms with Gasteiger partial charge in [0.2, 0.25) is 5.91 Å². The lowest BCUT2D eigenvalue weighted by Crippen LogP contribution is -2.52. The van der Waals surface area contributed by atoms with Crippen molar-refractivity contribution in [3.8, 4) is 0 Å². The van der Waals surface area contributed by atoms with Gasteiger partial charge in [-0.25, -0.2) is 0 Å². The molecule has 4 aliphatic rings. The van der Waals surface area contributed by atoms with E-state index in [1.54, 1.807) is 0 Å². The largest absolute Gasteiger partial charge is 0.360 e. The van der Waals surface area contributed by atoms with Crippen LogP contribution in [0.15, 0.2) is 0 Å². The van der Waals surface area contributed by atoms with Gasteiger partial charge in [0.15, 0.2) is 5.11 Å². The van der Waals surface area contributed by atoms with E-state index in [0.29, 0.717) is 23.9 Å². The van der Waals surface area contributed by atoms with E-state index in [1.165, 1.54) is 44.9 Å². The van der Waals surface area contributed by atoms with Crippen LogP contribution >= 0.6 is 12.2 Å². The molecule has 0 radical (unpaired) electrons. The minimum Gasteiger partial charge on any atom is -0.360 e. The summed E-state index contributed by atoms with van der Waals surface area (Å²) in [5.74, 6) is 2.51. The van der Waals surface area contributed by atoms with Crippen molar-refractivity contribution in [2.75, 3.05) is 13.1 Å². The number of carbonyl (C=O) groups is 1. The van der Waals surface area contributed by atoms with Gasteiger partial charge >= 0.3 is 0 Å². The van der Waals surface area contributed by atoms with Gasteiger partial charge in [-0.05, 0) is 69.0 Å². The van der Waals surface area contributed by atoms with Crippen LogP contribution in [-0.2, 0) is 4.79 Å². The van der Waals surface area contributed by atoms with E-state index in [2.05, 4.69) is 15.5 Å². The Morgan fingerprint density at radius 3 is 2.28 bits per heavy atom. The summed E-state index contributed by atoms with van der Waals surface area (Å²) in [7, 11) is 0. The molecule has 0 aromatic rings. The van der Waals surface area contributed by atoms with E-state index in [1.807, 2.05) is 0 Å². The van der Waals surface area contributed by atoms with Gasteiger partial charge in [0.1, 0.15) is 0 Å². The third-order valence-corrected chi connectivity index (χ3v) is 7.39. The molecule has 140 valence electrons. The fourth-order valence-electron chi connectivity index (χ4n) is 5.67. The highest BCUT2D eigenvalue weighted by Gasteiger charge is 2.39. The van der Waals surface area contributed by atoms with Crippen LogP contribution in [0, 0.1) is 17.8 Å². The van der Waals surface area contributed by atoms with Crippen molar-refractivity contribution in [1.82, 2.24) is 15.5 Å². The SMILES string of the molecule is O=C(C1CCCCC1)N1CCC(NC(=S)NC2CC3CCC2C3)CC1. The Hall–Kier alpha value is -0.840. The molecule has 4 rings (SSSR count). The number of nitrogens with zero attached hydrogens (tertiary/aromatic N) is 1. The smallest absolute Gasteiger partial charge is 0.225 e. The van der Waals surface area contributed by atoms with Gasteiger partial charge in [-0.3, -0.25) is 4.79 Å². The zero-order chi connectivity index (χ0) is 17.2. The quantitative estimate of drug-likeness (QED) is 0.756. The number of hydrogen-bond acceptors (Lipinski definition) is 2. The second kappa shape index (κ2) is 7.81. The molecule has 2 bridgehead atoms. The summed E-state index contributed by atoms with van der Waals surface area (Å²) in [6.07, 6.45) is 13.6. The molecule has 1 saturated heterocycles. The monoisotopic (exact) mass is 363 g/mol. The van der Waals surface area contributed by atoms with E-state index in [9.17, 15) is 4.79 Å². The Labute approximate surface area is 157 Å². The van der Waals surface area contributed by atoms with Crippen LogP contribution in [0.1, 0.15) is 70.6 Å². The van der Waals surface area contributed by atoms with Crippen molar-refractivity contribution in [3.05, 3.63) is 0 Å². The highest BCUT2D eigenvalue weighted by molar-refractivity contribution is 7.80. The maximum absolute atomic E-state index is 12.7. The van der Waals surface area contributed by atoms with Gasteiger partial charge in [0.05, 0.1) is 0 Å². The molecule has 3 atom stereocenters. The molecule has 1 amide bonds. The predicted octanol–water partition coefficient (Wildman–Crippen LogP) is 3.21. The summed E-state index contributed by atoms with van der Waals surface area (Å²) in [5, 5.41) is 7.95. The topological polar surface area (TPSA) is 44.4 Å². The van der Waals surface area contributed by atoms with E-state index in [4.69, 9.17) is 12.2 Å². The molecule has 25 heavy (non-hydrogen) atoms. The van der Waals surface area contributed by atoms with Gasteiger partial charge in [-0.15, -0.1) is 0 Å². The molecule has 1 aliphatic heterocycles. The first kappa shape index (κ1) is 17.6. The van der Waals surface area contributed by atoms with Crippen LogP contribution in [-0.4, -0.2) is 41.1 Å². The summed E-state index contributed by atoms with van der Waals surface area (Å²) in [6.45, 7) is 1.79. The van der Waals surface area contributed by atoms with Crippen LogP contribution in [0.4, 0.5) is 0 Å². The molecule has 2 N–H and O–H groups in total. The van der Waals surface area contributed by atoms with Crippen molar-refractivity contribution >= 4 is 23.2 Å². The number of fused-ring (bicyclic) bond motifs is 2. The highest BCUT2D eigenvalue weighted by atomic mass is 32.1. The second-order valence-corrected chi connectivity index (χ2v) is 9.24. The van der Waals surface area contributed by atoms with Gasteiger partial charge in [0.25, 0.3) is 0 Å². The minimum absolute atomic E-state index is 0.304. The first-order valence-electron chi connectivity index (χ1n) is 10.5. The molecular weight excluding hydrogens is 330 g/mol. The van der Waals surface area contributed by atoms with Crippen LogP contribution < -0.4 is 10.6 Å². The fourth-order valence-corrected chi connectivity index (χ4v) is 5.99. The van der Waals surface area contributed by atoms with E-state index in [-0.39, 0.29) is 0 Å². The zero-order valence-corrected chi connectivity index (χ0v) is 16.2. The second-order valence-electron chi connectivity index (χ2n) is 8.83. The number of piperidine rings is 1. The van der Waals surface area contributed by atoms with Crippen LogP contribution in [0.25, 0.3) is 0 Å². The molecular formula is C20H33N3OS. The van der Waals surface area contributed by atoms with Crippen molar-refractivity contribution in [2.45, 2.75) is 82.7 Å². The molecule has 3 unspecified atom stereocenters. The summed E-state index contributed by atoms with van der Waals surface area (Å²) in [6, 6.07) is 1.03. The van der Waals surface area contributed by atoms with E-state index < -0.39 is 0 Å². The number of nitrogens with one attached hydrogen (secondary N) is 2. The summed E-state index contributed by atoms with van der Waals surface area (Å²) < 4.78 is 0. The maximum atomic E-state index is 12.7. The number of rotatable bonds is 3. The van der Waals surface area contributed by atoms with Crippen LogP contribution in [0.3, 0.4) is 0 Å². The molecule has 0 spiro atoms. The van der Waals surface area contributed by atoms with Crippen LogP contribution in [0.5, 0.6) is 0 Å². The first-order valence-corrected chi connectivity index (χ1v) is 11.0. The van der Waals surface area contributed by atoms with Crippen molar-refractivity contribution in [1.29, 1.82) is 0 Å². The summed E-state index contributed by atoms with van der Waals surface area (Å²) in [4.78, 5) is 14.8. The molecule has 5 heteroatoms. The van der Waals surface area contributed by atoms with Crippen LogP contribution in [0.2, 0.25) is 0 Å². The lowest BCUT2D eigenvalue weighted by molar-refractivity contribution is -0.137. The molecule has 0 aromatic carbocycles. The van der Waals surface area contributed by atoms with Crippen molar-refractivity contribution in [2.24, 2.45) is 17.8 Å². The molecule has 1 heterocycles. The third-order valence-electron chi connectivity index (χ3n) is 7.15. The summed E-state index contributed by atoms with van der Waals surface area (Å²) in [5.41, 5.74) is 0. The number of likely N-dealkylation sites (tertiary alicyclic amines) is 1. The number of amides is 1. The Bertz CT molecular complexity index is 497. The van der Waals surface area contributed by atoms with Gasteiger partial charge < -0.3 is 15.5 Å². The summed E-state index contributed by atoms with van der Waals surface area (Å²) >= 11 is 5.57. The van der Waals surface area contributed by atoms with E-state index >= 15 is 0 Å². The highest BCUT2D eigenvalue weighted by Crippen LogP contribution is 2.44. The Morgan fingerprint density at radius 1 is 0.880 bits per heavy atom. The lowest BCUT2D eigenvalue weighted by atomic mass is 9.87. The number of thiocarbonyl (C=S) groups is 1. The Morgan fingerprint density at radius 2 is 1.64 bits per heavy atom. The molecule has 3 saturated carbocycles. The molecule has 3 aliphatic carbocycles. The van der Waals surface area contributed by atoms with Gasteiger partial charge in [0, 0.05) is 31.1 Å². The van der Waals surface area contributed by atoms with E-state index in [0.717, 1.165) is 55.7 Å². The van der Waals surface area contributed by atoms with Crippen molar-refractivity contribution < 1.29 is 4.79 Å². The molecule has 4 fully saturated rings. The Kier molecular flexibility index (Phi) is 5.49. The predicted molar refractivity (Wildman–Crippen MR) is 104 cm³/mol. The standard InChI is InChI=1S/C20H33N3OS/c24-19(15-4-2-1-3-5-15)23-10-8-17(9-11-23)21-20(25)22-18-13-14-6-7-16(18)12-14/h14-18H,1-13H2,(H2,21,22,25). The molecule has 0 aromatic heterocycles. The normalized spacial score (nSPS) is 33.4. The fraction of sp³-hybridized carbons (Fsp3) is 0.900. The lowest BCUT2D eigenvalue weighted by Gasteiger charge is -2.36. The van der Waals surface area contributed by atoms with Gasteiger partial charge in [-0.2, -0.15) is 0 Å². The Balaban J connectivity index is 1.18. The number of hydrogen-bond donors (Lipinski definition) is 2. The average Bonchev–Trinajstić information content (AvgIpc) is 3.25. The number of carbonyl (C=O) groups excluding carboxylic acids is 1. The third kappa shape index (κ3) is 4.12. The minimum atomic E-state index is 0.304. The zero-order valence-electron chi connectivity index (χ0n) is 15.3. The molecule has 4 nitrogen and oxygen atoms in total.